The summed E-state index contributed by atoms with van der Waals surface area (Å²) in [6.45, 7) is 4.18. The van der Waals surface area contributed by atoms with Gasteiger partial charge in [-0.2, -0.15) is 13.2 Å². The lowest BCUT2D eigenvalue weighted by Gasteiger charge is -2.34. The molecule has 2 saturated heterocycles. The molecule has 41 heavy (non-hydrogen) atoms. The Bertz CT molecular complexity index is 1280. The number of hydrogen-bond acceptors (Lipinski definition) is 4. The molecule has 0 atom stereocenters. The van der Waals surface area contributed by atoms with Crippen molar-refractivity contribution in [3.05, 3.63) is 95.1 Å². The summed E-state index contributed by atoms with van der Waals surface area (Å²) in [5, 5.41) is 3.08. The lowest BCUT2D eigenvalue weighted by atomic mass is 9.90. The largest absolute Gasteiger partial charge is 0.416 e. The van der Waals surface area contributed by atoms with Gasteiger partial charge in [-0.15, -0.1) is 0 Å². The van der Waals surface area contributed by atoms with E-state index in [0.717, 1.165) is 82.6 Å². The molecule has 0 radical (unpaired) electrons. The smallest absolute Gasteiger partial charge is 0.372 e. The molecule has 2 aliphatic heterocycles. The highest BCUT2D eigenvalue weighted by Crippen LogP contribution is 2.32. The number of benzene rings is 2. The first kappa shape index (κ1) is 29.0. The van der Waals surface area contributed by atoms with Gasteiger partial charge in [0.15, 0.2) is 0 Å². The number of halogens is 4. The van der Waals surface area contributed by atoms with Crippen LogP contribution in [0.25, 0.3) is 0 Å². The first-order valence-electron chi connectivity index (χ1n) is 14.4. The molecule has 0 unspecified atom stereocenters. The predicted octanol–water partition coefficient (Wildman–Crippen LogP) is 6.48. The zero-order chi connectivity index (χ0) is 28.8. The van der Waals surface area contributed by atoms with E-state index < -0.39 is 11.7 Å². The van der Waals surface area contributed by atoms with Gasteiger partial charge in [0.25, 0.3) is 5.91 Å². The Morgan fingerprint density at radius 1 is 0.902 bits per heavy atom. The van der Waals surface area contributed by atoms with E-state index in [2.05, 4.69) is 20.1 Å². The van der Waals surface area contributed by atoms with E-state index >= 15 is 0 Å². The van der Waals surface area contributed by atoms with Crippen molar-refractivity contribution in [2.45, 2.75) is 57.3 Å². The van der Waals surface area contributed by atoms with E-state index in [1.165, 1.54) is 23.8 Å². The quantitative estimate of drug-likeness (QED) is 0.316. The summed E-state index contributed by atoms with van der Waals surface area (Å²) in [6, 6.07) is 14.2. The number of aromatic nitrogens is 1. The van der Waals surface area contributed by atoms with Gasteiger partial charge in [-0.3, -0.25) is 14.7 Å². The molecule has 3 heterocycles. The average molecular weight is 569 g/mol. The number of anilines is 1. The highest BCUT2D eigenvalue weighted by atomic mass is 19.4. The van der Waals surface area contributed by atoms with Gasteiger partial charge in [-0.25, -0.2) is 4.39 Å². The summed E-state index contributed by atoms with van der Waals surface area (Å²) in [7, 11) is 0. The molecule has 1 N–H and O–H groups in total. The van der Waals surface area contributed by atoms with Crippen LogP contribution in [-0.2, 0) is 19.1 Å². The fourth-order valence-corrected chi connectivity index (χ4v) is 5.84. The summed E-state index contributed by atoms with van der Waals surface area (Å²) in [4.78, 5) is 21.3. The van der Waals surface area contributed by atoms with Crippen LogP contribution in [0.3, 0.4) is 0 Å². The van der Waals surface area contributed by atoms with E-state index in [1.807, 2.05) is 12.1 Å². The zero-order valence-corrected chi connectivity index (χ0v) is 23.0. The Hall–Kier alpha value is -3.46. The fraction of sp³-hybridized carbons (Fsp3) is 0.438. The SMILES string of the molecule is O=C(NC1CCN(Cc2ccncc2)CC1)c1ccc(CCC2CCN(c3ccc(C(F)(F)F)cc3)CC2)c(F)c1. The van der Waals surface area contributed by atoms with E-state index in [9.17, 15) is 22.4 Å². The molecule has 218 valence electrons. The van der Waals surface area contributed by atoms with Crippen LogP contribution in [0, 0.1) is 11.7 Å². The number of nitrogens with zero attached hydrogens (tertiary/aromatic N) is 3. The summed E-state index contributed by atoms with van der Waals surface area (Å²) in [5.74, 6) is -0.168. The molecule has 0 aliphatic carbocycles. The Balaban J connectivity index is 1.04. The molecular weight excluding hydrogens is 532 g/mol. The molecular formula is C32H36F4N4O. The third kappa shape index (κ3) is 7.85. The number of nitrogens with one attached hydrogen (secondary N) is 1. The zero-order valence-electron chi connectivity index (χ0n) is 23.0. The van der Waals surface area contributed by atoms with Crippen LogP contribution in [0.1, 0.15) is 59.2 Å². The molecule has 1 aromatic heterocycles. The third-order valence-corrected chi connectivity index (χ3v) is 8.39. The van der Waals surface area contributed by atoms with Crippen LogP contribution in [0.4, 0.5) is 23.2 Å². The van der Waals surface area contributed by atoms with E-state index in [0.29, 0.717) is 23.5 Å². The number of amides is 1. The molecule has 5 rings (SSSR count). The molecule has 0 bridgehead atoms. The number of carbonyl (C=O) groups is 1. The molecule has 9 heteroatoms. The molecule has 5 nitrogen and oxygen atoms in total. The van der Waals surface area contributed by atoms with Gasteiger partial charge in [0.1, 0.15) is 5.82 Å². The summed E-state index contributed by atoms with van der Waals surface area (Å²) >= 11 is 0. The maximum absolute atomic E-state index is 14.9. The van der Waals surface area contributed by atoms with Gasteiger partial charge >= 0.3 is 6.18 Å². The van der Waals surface area contributed by atoms with E-state index in [1.54, 1.807) is 24.5 Å². The van der Waals surface area contributed by atoms with Crippen molar-refractivity contribution in [3.8, 4) is 0 Å². The number of carbonyl (C=O) groups excluding carboxylic acids is 1. The van der Waals surface area contributed by atoms with Crippen LogP contribution in [-0.4, -0.2) is 48.0 Å². The minimum atomic E-state index is -4.33. The van der Waals surface area contributed by atoms with Crippen molar-refractivity contribution in [2.75, 3.05) is 31.1 Å². The number of pyridine rings is 1. The van der Waals surface area contributed by atoms with Crippen molar-refractivity contribution < 1.29 is 22.4 Å². The predicted molar refractivity (Wildman–Crippen MR) is 151 cm³/mol. The number of hydrogen-bond donors (Lipinski definition) is 1. The normalized spacial score (nSPS) is 17.5. The maximum Gasteiger partial charge on any atom is 0.416 e. The maximum atomic E-state index is 14.9. The monoisotopic (exact) mass is 568 g/mol. The van der Waals surface area contributed by atoms with Crippen molar-refractivity contribution in [1.82, 2.24) is 15.2 Å². The molecule has 2 aliphatic rings. The molecule has 0 saturated carbocycles. The highest BCUT2D eigenvalue weighted by Gasteiger charge is 2.30. The minimum absolute atomic E-state index is 0.0763. The first-order chi connectivity index (χ1) is 19.7. The summed E-state index contributed by atoms with van der Waals surface area (Å²) < 4.78 is 53.4. The van der Waals surface area contributed by atoms with E-state index in [4.69, 9.17) is 0 Å². The fourth-order valence-electron chi connectivity index (χ4n) is 5.84. The lowest BCUT2D eigenvalue weighted by Crippen LogP contribution is -2.44. The van der Waals surface area contributed by atoms with Crippen LogP contribution in [0.5, 0.6) is 0 Å². The molecule has 1 amide bonds. The number of alkyl halides is 3. The topological polar surface area (TPSA) is 48.5 Å². The molecule has 2 fully saturated rings. The standard InChI is InChI=1S/C32H36F4N4O/c33-30-21-26(31(41)38-28-13-17-39(18-14-28)22-24-9-15-37-16-10-24)4-3-25(30)2-1-23-11-19-40(20-12-23)29-7-5-27(6-8-29)32(34,35)36/h3-10,15-16,21,23,28H,1-2,11-14,17-20,22H2,(H,38,41). The van der Waals surface area contributed by atoms with Crippen molar-refractivity contribution in [2.24, 2.45) is 5.92 Å². The second-order valence-corrected chi connectivity index (χ2v) is 11.2. The Labute approximate surface area is 238 Å². The van der Waals surface area contributed by atoms with Gasteiger partial charge in [-0.05, 0) is 104 Å². The van der Waals surface area contributed by atoms with Crippen LogP contribution in [0.15, 0.2) is 67.0 Å². The molecule has 2 aromatic carbocycles. The van der Waals surface area contributed by atoms with Gasteiger partial charge in [0.05, 0.1) is 5.56 Å². The van der Waals surface area contributed by atoms with Gasteiger partial charge in [-0.1, -0.05) is 6.07 Å². The summed E-state index contributed by atoms with van der Waals surface area (Å²) in [6.07, 6.45) is 4.22. The molecule has 0 spiro atoms. The summed E-state index contributed by atoms with van der Waals surface area (Å²) in [5.41, 5.74) is 2.33. The van der Waals surface area contributed by atoms with Gasteiger partial charge in [0.2, 0.25) is 0 Å². The second-order valence-electron chi connectivity index (χ2n) is 11.2. The van der Waals surface area contributed by atoms with E-state index in [-0.39, 0.29) is 17.8 Å². The van der Waals surface area contributed by atoms with Crippen LogP contribution in [0.2, 0.25) is 0 Å². The second kappa shape index (κ2) is 13.0. The Morgan fingerprint density at radius 3 is 2.22 bits per heavy atom. The third-order valence-electron chi connectivity index (χ3n) is 8.39. The minimum Gasteiger partial charge on any atom is -0.372 e. The highest BCUT2D eigenvalue weighted by molar-refractivity contribution is 5.94. The molecule has 3 aromatic rings. The van der Waals surface area contributed by atoms with Crippen molar-refractivity contribution >= 4 is 11.6 Å². The number of likely N-dealkylation sites (tertiary alicyclic amines) is 1. The Morgan fingerprint density at radius 2 is 1.59 bits per heavy atom. The van der Waals surface area contributed by atoms with Crippen molar-refractivity contribution in [1.29, 1.82) is 0 Å². The van der Waals surface area contributed by atoms with Crippen LogP contribution >= 0.6 is 0 Å². The van der Waals surface area contributed by atoms with Crippen LogP contribution < -0.4 is 10.2 Å². The number of rotatable bonds is 8. The lowest BCUT2D eigenvalue weighted by molar-refractivity contribution is -0.137. The van der Waals surface area contributed by atoms with Crippen molar-refractivity contribution in [3.63, 3.8) is 0 Å². The Kier molecular flexibility index (Phi) is 9.22. The van der Waals surface area contributed by atoms with Gasteiger partial charge in [0, 0.05) is 62.4 Å². The number of aryl methyl sites for hydroxylation is 1. The average Bonchev–Trinajstić information content (AvgIpc) is 2.98. The van der Waals surface area contributed by atoms with Gasteiger partial charge < -0.3 is 10.2 Å². The first-order valence-corrected chi connectivity index (χ1v) is 14.4. The number of piperidine rings is 2.